The van der Waals surface area contributed by atoms with E-state index in [0.717, 1.165) is 17.8 Å². The highest BCUT2D eigenvalue weighted by Crippen LogP contribution is 2.27. The summed E-state index contributed by atoms with van der Waals surface area (Å²) in [6, 6.07) is 7.51. The number of hydrogen-bond donors (Lipinski definition) is 2. The molecule has 0 saturated heterocycles. The molecule has 2 aromatic rings. The van der Waals surface area contributed by atoms with Gasteiger partial charge in [0.2, 0.25) is 0 Å². The van der Waals surface area contributed by atoms with E-state index in [-0.39, 0.29) is 10.6 Å². The van der Waals surface area contributed by atoms with Crippen LogP contribution in [0.5, 0.6) is 0 Å². The van der Waals surface area contributed by atoms with Crippen molar-refractivity contribution >= 4 is 37.6 Å². The Balaban J connectivity index is 2.34. The summed E-state index contributed by atoms with van der Waals surface area (Å²) in [6.45, 7) is 1.84. The number of benzene rings is 1. The minimum Gasteiger partial charge on any atom is -0.478 e. The summed E-state index contributed by atoms with van der Waals surface area (Å²) in [5, 5.41) is 8.52. The third-order valence-electron chi connectivity index (χ3n) is 2.69. The number of carboxylic acid groups (broad SMARTS) is 1. The van der Waals surface area contributed by atoms with Gasteiger partial charge in [0.15, 0.2) is 5.03 Å². The monoisotopic (exact) mass is 370 g/mol. The zero-order valence-corrected chi connectivity index (χ0v) is 13.3. The first-order valence-corrected chi connectivity index (χ1v) is 8.06. The van der Waals surface area contributed by atoms with E-state index in [0.29, 0.717) is 10.2 Å². The van der Waals surface area contributed by atoms with Crippen molar-refractivity contribution in [2.24, 2.45) is 0 Å². The molecule has 0 spiro atoms. The van der Waals surface area contributed by atoms with Crippen molar-refractivity contribution in [1.82, 2.24) is 4.98 Å². The topological polar surface area (TPSA) is 96.4 Å². The van der Waals surface area contributed by atoms with E-state index in [2.05, 4.69) is 25.6 Å². The normalized spacial score (nSPS) is 11.1. The molecule has 0 amide bonds. The van der Waals surface area contributed by atoms with Crippen molar-refractivity contribution < 1.29 is 18.3 Å². The first-order chi connectivity index (χ1) is 9.81. The Kier molecular flexibility index (Phi) is 4.29. The predicted octanol–water partition coefficient (Wildman–Crippen LogP) is 2.65. The fourth-order valence-corrected chi connectivity index (χ4v) is 3.09. The lowest BCUT2D eigenvalue weighted by Gasteiger charge is -2.10. The molecule has 2 rings (SSSR count). The minimum absolute atomic E-state index is 0.0781. The van der Waals surface area contributed by atoms with Gasteiger partial charge in [-0.2, -0.15) is 8.42 Å². The zero-order valence-electron chi connectivity index (χ0n) is 10.9. The average Bonchev–Trinajstić information content (AvgIpc) is 2.44. The second kappa shape index (κ2) is 5.82. The van der Waals surface area contributed by atoms with E-state index in [1.54, 1.807) is 12.1 Å². The third kappa shape index (κ3) is 3.40. The molecule has 2 N–H and O–H groups in total. The van der Waals surface area contributed by atoms with Crippen LogP contribution in [0.25, 0.3) is 0 Å². The van der Waals surface area contributed by atoms with Gasteiger partial charge in [0.25, 0.3) is 10.0 Å². The molecule has 0 unspecified atom stereocenters. The molecule has 0 aliphatic carbocycles. The largest absolute Gasteiger partial charge is 0.478 e. The number of aryl methyl sites for hydroxylation is 1. The number of sulfonamides is 1. The highest BCUT2D eigenvalue weighted by molar-refractivity contribution is 9.10. The molecule has 0 saturated carbocycles. The number of rotatable bonds is 4. The van der Waals surface area contributed by atoms with Crippen LogP contribution < -0.4 is 4.72 Å². The number of halogens is 1. The lowest BCUT2D eigenvalue weighted by Crippen LogP contribution is -2.15. The standard InChI is InChI=1S/C13H11BrN2O4S/c1-8-3-2-4-10(12(8)14)16-21(19,20)11-6-5-9(7-15-11)13(17)18/h2-7,16H,1H3,(H,17,18). The van der Waals surface area contributed by atoms with Crippen molar-refractivity contribution in [3.05, 3.63) is 52.1 Å². The summed E-state index contributed by atoms with van der Waals surface area (Å²) in [5.41, 5.74) is 1.19. The van der Waals surface area contributed by atoms with Crippen molar-refractivity contribution in [3.8, 4) is 0 Å². The first-order valence-electron chi connectivity index (χ1n) is 5.78. The number of nitrogens with zero attached hydrogens (tertiary/aromatic N) is 1. The Hall–Kier alpha value is -1.93. The lowest BCUT2D eigenvalue weighted by molar-refractivity contribution is 0.0696. The molecule has 1 aromatic carbocycles. The molecular weight excluding hydrogens is 360 g/mol. The van der Waals surface area contributed by atoms with Gasteiger partial charge in [-0.05, 0) is 46.6 Å². The Labute approximate surface area is 130 Å². The summed E-state index contributed by atoms with van der Waals surface area (Å²) in [6.07, 6.45) is 1.00. The Bertz CT molecular complexity index is 788. The quantitative estimate of drug-likeness (QED) is 0.862. The molecule has 21 heavy (non-hydrogen) atoms. The number of aromatic nitrogens is 1. The molecule has 0 aliphatic heterocycles. The number of carboxylic acids is 1. The number of pyridine rings is 1. The van der Waals surface area contributed by atoms with Gasteiger partial charge in [-0.25, -0.2) is 9.78 Å². The van der Waals surface area contributed by atoms with Crippen molar-refractivity contribution in [2.45, 2.75) is 11.9 Å². The van der Waals surface area contributed by atoms with Crippen LogP contribution in [0.15, 0.2) is 46.0 Å². The van der Waals surface area contributed by atoms with E-state index in [1.165, 1.54) is 6.07 Å². The van der Waals surface area contributed by atoms with Crippen LogP contribution >= 0.6 is 15.9 Å². The number of carbonyl (C=O) groups is 1. The predicted molar refractivity (Wildman–Crippen MR) is 80.9 cm³/mol. The molecule has 0 atom stereocenters. The molecule has 8 heteroatoms. The zero-order chi connectivity index (χ0) is 15.6. The Morgan fingerprint density at radius 1 is 1.29 bits per heavy atom. The smallest absolute Gasteiger partial charge is 0.337 e. The van der Waals surface area contributed by atoms with E-state index in [9.17, 15) is 13.2 Å². The molecule has 110 valence electrons. The SMILES string of the molecule is Cc1cccc(NS(=O)(=O)c2ccc(C(=O)O)cn2)c1Br. The average molecular weight is 371 g/mol. The maximum atomic E-state index is 12.2. The molecule has 1 heterocycles. The van der Waals surface area contributed by atoms with Crippen LogP contribution in [-0.2, 0) is 10.0 Å². The van der Waals surface area contributed by atoms with Crippen LogP contribution in [0.2, 0.25) is 0 Å². The molecule has 0 radical (unpaired) electrons. The van der Waals surface area contributed by atoms with E-state index in [4.69, 9.17) is 5.11 Å². The van der Waals surface area contributed by atoms with Crippen molar-refractivity contribution in [2.75, 3.05) is 4.72 Å². The summed E-state index contributed by atoms with van der Waals surface area (Å²) < 4.78 is 27.5. The van der Waals surface area contributed by atoms with Crippen LogP contribution in [0, 0.1) is 6.92 Å². The third-order valence-corrected chi connectivity index (χ3v) is 5.03. The Morgan fingerprint density at radius 2 is 2.00 bits per heavy atom. The second-order valence-electron chi connectivity index (χ2n) is 4.23. The van der Waals surface area contributed by atoms with Gasteiger partial charge in [0.1, 0.15) is 0 Å². The van der Waals surface area contributed by atoms with E-state index >= 15 is 0 Å². The maximum absolute atomic E-state index is 12.2. The van der Waals surface area contributed by atoms with Crippen LogP contribution in [0.3, 0.4) is 0 Å². The van der Waals surface area contributed by atoms with Gasteiger partial charge in [-0.15, -0.1) is 0 Å². The van der Waals surface area contributed by atoms with Gasteiger partial charge in [-0.1, -0.05) is 12.1 Å². The van der Waals surface area contributed by atoms with Crippen molar-refractivity contribution in [1.29, 1.82) is 0 Å². The summed E-state index contributed by atoms with van der Waals surface area (Å²) in [5.74, 6) is -1.17. The van der Waals surface area contributed by atoms with Gasteiger partial charge >= 0.3 is 5.97 Å². The summed E-state index contributed by atoms with van der Waals surface area (Å²) >= 11 is 3.31. The molecule has 1 aromatic heterocycles. The Morgan fingerprint density at radius 3 is 2.57 bits per heavy atom. The van der Waals surface area contributed by atoms with Gasteiger partial charge in [0, 0.05) is 10.7 Å². The van der Waals surface area contributed by atoms with Gasteiger partial charge in [0.05, 0.1) is 11.3 Å². The van der Waals surface area contributed by atoms with Crippen LogP contribution in [0.1, 0.15) is 15.9 Å². The van der Waals surface area contributed by atoms with Crippen LogP contribution in [0.4, 0.5) is 5.69 Å². The van der Waals surface area contributed by atoms with E-state index in [1.807, 2.05) is 13.0 Å². The molecule has 0 aliphatic rings. The molecule has 0 fully saturated rings. The lowest BCUT2D eigenvalue weighted by atomic mass is 10.2. The number of anilines is 1. The molecule has 0 bridgehead atoms. The highest BCUT2D eigenvalue weighted by atomic mass is 79.9. The fraction of sp³-hybridized carbons (Fsp3) is 0.0769. The molecular formula is C13H11BrN2O4S. The second-order valence-corrected chi connectivity index (χ2v) is 6.65. The first kappa shape index (κ1) is 15.5. The van der Waals surface area contributed by atoms with Crippen LogP contribution in [-0.4, -0.2) is 24.5 Å². The number of aromatic carboxylic acids is 1. The van der Waals surface area contributed by atoms with Gasteiger partial charge < -0.3 is 5.11 Å². The van der Waals surface area contributed by atoms with Gasteiger partial charge in [-0.3, -0.25) is 4.72 Å². The maximum Gasteiger partial charge on any atom is 0.337 e. The number of nitrogens with one attached hydrogen (secondary N) is 1. The summed E-state index contributed by atoms with van der Waals surface area (Å²) in [7, 11) is -3.88. The minimum atomic E-state index is -3.88. The summed E-state index contributed by atoms with van der Waals surface area (Å²) in [4.78, 5) is 14.4. The van der Waals surface area contributed by atoms with Crippen molar-refractivity contribution in [3.63, 3.8) is 0 Å². The number of hydrogen-bond acceptors (Lipinski definition) is 4. The highest BCUT2D eigenvalue weighted by Gasteiger charge is 2.18. The fourth-order valence-electron chi connectivity index (χ4n) is 1.59. The molecule has 6 nitrogen and oxygen atoms in total. The van der Waals surface area contributed by atoms with E-state index < -0.39 is 16.0 Å².